The van der Waals surface area contributed by atoms with Crippen LogP contribution in [-0.4, -0.2) is 25.6 Å². The second-order valence-electron chi connectivity index (χ2n) is 7.81. The van der Waals surface area contributed by atoms with Crippen molar-refractivity contribution >= 4 is 44.1 Å². The van der Waals surface area contributed by atoms with E-state index in [0.717, 1.165) is 34.0 Å². The Balaban J connectivity index is 1.54. The molecule has 1 aromatic heterocycles. The van der Waals surface area contributed by atoms with Crippen LogP contribution in [-0.2, 0) is 22.4 Å². The number of thiophene rings is 1. The van der Waals surface area contributed by atoms with Crippen molar-refractivity contribution in [1.29, 1.82) is 0 Å². The number of rotatable bonds is 6. The largest absolute Gasteiger partial charge is 0.483 e. The van der Waals surface area contributed by atoms with Crippen molar-refractivity contribution in [1.82, 2.24) is 0 Å². The molecule has 2 aromatic carbocycles. The maximum atomic E-state index is 12.6. The van der Waals surface area contributed by atoms with Gasteiger partial charge in [0, 0.05) is 10.9 Å². The number of anilines is 1. The smallest absolute Gasteiger partial charge is 0.341 e. The predicted molar refractivity (Wildman–Crippen MR) is 131 cm³/mol. The molecule has 0 bridgehead atoms. The van der Waals surface area contributed by atoms with Crippen LogP contribution in [0.3, 0.4) is 0 Å². The van der Waals surface area contributed by atoms with Crippen molar-refractivity contribution in [2.75, 3.05) is 19.0 Å². The minimum atomic E-state index is -0.475. The monoisotopic (exact) mass is 513 g/mol. The maximum absolute atomic E-state index is 12.6. The third kappa shape index (κ3) is 4.89. The fraction of sp³-hybridized carbons (Fsp3) is 0.280. The molecule has 7 heteroatoms. The van der Waals surface area contributed by atoms with Crippen LogP contribution in [0.1, 0.15) is 39.9 Å². The number of methoxy groups -OCH3 is 1. The van der Waals surface area contributed by atoms with Gasteiger partial charge < -0.3 is 14.8 Å². The van der Waals surface area contributed by atoms with Gasteiger partial charge in [-0.1, -0.05) is 24.3 Å². The molecule has 1 heterocycles. The summed E-state index contributed by atoms with van der Waals surface area (Å²) in [6, 6.07) is 12.0. The SMILES string of the molecule is COC(=O)c1c(-c2ccc3c(c2)CCCC3)csc1NC(=O)COc1ccc(C)cc1Br. The molecule has 0 spiro atoms. The van der Waals surface area contributed by atoms with Crippen LogP contribution < -0.4 is 10.1 Å². The molecule has 1 amide bonds. The van der Waals surface area contributed by atoms with Gasteiger partial charge in [-0.05, 0) is 82.9 Å². The van der Waals surface area contributed by atoms with Crippen LogP contribution in [0.25, 0.3) is 11.1 Å². The Hall–Kier alpha value is -2.64. The second-order valence-corrected chi connectivity index (χ2v) is 9.54. The summed E-state index contributed by atoms with van der Waals surface area (Å²) in [5.74, 6) is -0.238. The average Bonchev–Trinajstić information content (AvgIpc) is 3.21. The zero-order chi connectivity index (χ0) is 22.7. The molecule has 1 aliphatic carbocycles. The number of esters is 1. The number of hydrogen-bond donors (Lipinski definition) is 1. The molecular weight excluding hydrogens is 490 g/mol. The van der Waals surface area contributed by atoms with E-state index in [2.05, 4.69) is 33.4 Å². The van der Waals surface area contributed by atoms with Crippen molar-refractivity contribution < 1.29 is 19.1 Å². The molecule has 0 saturated heterocycles. The molecule has 0 aliphatic heterocycles. The van der Waals surface area contributed by atoms with Gasteiger partial charge in [-0.3, -0.25) is 4.79 Å². The van der Waals surface area contributed by atoms with E-state index in [9.17, 15) is 9.59 Å². The first-order chi connectivity index (χ1) is 15.5. The molecule has 1 N–H and O–H groups in total. The molecule has 32 heavy (non-hydrogen) atoms. The van der Waals surface area contributed by atoms with Gasteiger partial charge in [-0.15, -0.1) is 11.3 Å². The highest BCUT2D eigenvalue weighted by Crippen LogP contribution is 2.38. The highest BCUT2D eigenvalue weighted by atomic mass is 79.9. The molecule has 0 radical (unpaired) electrons. The highest BCUT2D eigenvalue weighted by molar-refractivity contribution is 9.10. The Labute approximate surface area is 199 Å². The number of fused-ring (bicyclic) bond motifs is 1. The van der Waals surface area contributed by atoms with Crippen molar-refractivity contribution in [2.45, 2.75) is 32.6 Å². The fourth-order valence-corrected chi connectivity index (χ4v) is 5.48. The van der Waals surface area contributed by atoms with Gasteiger partial charge in [0.05, 0.1) is 11.6 Å². The van der Waals surface area contributed by atoms with Gasteiger partial charge in [0.1, 0.15) is 16.3 Å². The van der Waals surface area contributed by atoms with E-state index in [1.165, 1.54) is 42.4 Å². The molecule has 4 rings (SSSR count). The number of benzene rings is 2. The normalized spacial score (nSPS) is 12.7. The molecule has 0 saturated carbocycles. The summed E-state index contributed by atoms with van der Waals surface area (Å²) in [6.07, 6.45) is 4.55. The van der Waals surface area contributed by atoms with Gasteiger partial charge >= 0.3 is 5.97 Å². The number of carbonyl (C=O) groups excluding carboxylic acids is 2. The van der Waals surface area contributed by atoms with Gasteiger partial charge in [0.15, 0.2) is 6.61 Å². The zero-order valence-corrected chi connectivity index (χ0v) is 20.4. The van der Waals surface area contributed by atoms with E-state index in [4.69, 9.17) is 9.47 Å². The molecule has 0 atom stereocenters. The lowest BCUT2D eigenvalue weighted by Crippen LogP contribution is -2.21. The topological polar surface area (TPSA) is 64.6 Å². The number of aryl methyl sites for hydroxylation is 3. The molecule has 166 valence electrons. The van der Waals surface area contributed by atoms with Crippen LogP contribution in [0.15, 0.2) is 46.3 Å². The number of nitrogens with one attached hydrogen (secondary N) is 1. The maximum Gasteiger partial charge on any atom is 0.341 e. The van der Waals surface area contributed by atoms with Gasteiger partial charge in [-0.25, -0.2) is 4.79 Å². The minimum Gasteiger partial charge on any atom is -0.483 e. The molecular formula is C25H24BrNO4S. The van der Waals surface area contributed by atoms with Crippen molar-refractivity contribution in [3.63, 3.8) is 0 Å². The first kappa shape index (κ1) is 22.6. The first-order valence-electron chi connectivity index (χ1n) is 10.5. The van der Waals surface area contributed by atoms with Crippen LogP contribution in [0, 0.1) is 6.92 Å². The van der Waals surface area contributed by atoms with Gasteiger partial charge in [-0.2, -0.15) is 0 Å². The predicted octanol–water partition coefficient (Wildman–Crippen LogP) is 6.17. The average molecular weight is 514 g/mol. The molecule has 1 aliphatic rings. The van der Waals surface area contributed by atoms with E-state index in [1.54, 1.807) is 0 Å². The van der Waals surface area contributed by atoms with E-state index >= 15 is 0 Å². The number of ether oxygens (including phenoxy) is 2. The Morgan fingerprint density at radius 3 is 2.62 bits per heavy atom. The molecule has 0 fully saturated rings. The third-order valence-corrected chi connectivity index (χ3v) is 7.05. The highest BCUT2D eigenvalue weighted by Gasteiger charge is 2.23. The third-order valence-electron chi connectivity index (χ3n) is 5.54. The Morgan fingerprint density at radius 1 is 1.09 bits per heavy atom. The minimum absolute atomic E-state index is 0.172. The van der Waals surface area contributed by atoms with E-state index in [-0.39, 0.29) is 12.5 Å². The Bertz CT molecular complexity index is 1170. The van der Waals surface area contributed by atoms with E-state index < -0.39 is 5.97 Å². The standard InChI is InChI=1S/C25H24BrNO4S/c1-15-7-10-21(20(26)11-15)31-13-22(28)27-24-23(25(29)30-2)19(14-32-24)18-9-8-16-5-3-4-6-17(16)12-18/h7-12,14H,3-6,13H2,1-2H3,(H,27,28). The summed E-state index contributed by atoms with van der Waals surface area (Å²) in [5, 5.41) is 5.17. The summed E-state index contributed by atoms with van der Waals surface area (Å²) in [5.41, 5.74) is 5.90. The number of carbonyl (C=O) groups is 2. The fourth-order valence-electron chi connectivity index (χ4n) is 3.90. The zero-order valence-electron chi connectivity index (χ0n) is 18.0. The van der Waals surface area contributed by atoms with Crippen molar-refractivity contribution in [3.05, 3.63) is 68.5 Å². The lowest BCUT2D eigenvalue weighted by Gasteiger charge is -2.16. The summed E-state index contributed by atoms with van der Waals surface area (Å²) in [6.45, 7) is 1.81. The van der Waals surface area contributed by atoms with Crippen molar-refractivity contribution in [3.8, 4) is 16.9 Å². The summed E-state index contributed by atoms with van der Waals surface area (Å²) in [4.78, 5) is 25.2. The van der Waals surface area contributed by atoms with Crippen LogP contribution in [0.4, 0.5) is 5.00 Å². The van der Waals surface area contributed by atoms with Gasteiger partial charge in [0.2, 0.25) is 0 Å². The number of amides is 1. The Morgan fingerprint density at radius 2 is 1.88 bits per heavy atom. The first-order valence-corrected chi connectivity index (χ1v) is 12.1. The van der Waals surface area contributed by atoms with Crippen molar-refractivity contribution in [2.24, 2.45) is 0 Å². The molecule has 5 nitrogen and oxygen atoms in total. The van der Waals surface area contributed by atoms with Crippen LogP contribution in [0.2, 0.25) is 0 Å². The van der Waals surface area contributed by atoms with E-state index in [1.807, 2.05) is 36.6 Å². The lowest BCUT2D eigenvalue weighted by molar-refractivity contribution is -0.118. The summed E-state index contributed by atoms with van der Waals surface area (Å²) in [7, 11) is 1.35. The van der Waals surface area contributed by atoms with Crippen LogP contribution >= 0.6 is 27.3 Å². The lowest BCUT2D eigenvalue weighted by atomic mass is 9.89. The molecule has 0 unspecified atom stereocenters. The Kier molecular flexibility index (Phi) is 6.96. The van der Waals surface area contributed by atoms with Gasteiger partial charge in [0.25, 0.3) is 5.91 Å². The van der Waals surface area contributed by atoms with E-state index in [0.29, 0.717) is 16.3 Å². The molecule has 3 aromatic rings. The summed E-state index contributed by atoms with van der Waals surface area (Å²) < 4.78 is 11.4. The second kappa shape index (κ2) is 9.88. The number of halogens is 1. The quantitative estimate of drug-likeness (QED) is 0.400. The summed E-state index contributed by atoms with van der Waals surface area (Å²) >= 11 is 4.75. The van der Waals surface area contributed by atoms with Crippen LogP contribution in [0.5, 0.6) is 5.75 Å². The number of hydrogen-bond acceptors (Lipinski definition) is 5.